The molecule has 25 heavy (non-hydrogen) atoms. The van der Waals surface area contributed by atoms with Crippen molar-refractivity contribution in [2.24, 2.45) is 4.99 Å². The van der Waals surface area contributed by atoms with E-state index in [2.05, 4.69) is 4.99 Å². The molecule has 6 heteroatoms. The summed E-state index contributed by atoms with van der Waals surface area (Å²) in [5.41, 5.74) is 1.14. The first kappa shape index (κ1) is 17.8. The highest BCUT2D eigenvalue weighted by Gasteiger charge is 2.29. The molecule has 1 aliphatic rings. The third-order valence-corrected chi connectivity index (χ3v) is 5.09. The number of benzene rings is 2. The zero-order chi connectivity index (χ0) is 17.6. The van der Waals surface area contributed by atoms with E-state index in [1.54, 1.807) is 23.6 Å². The molecule has 0 bridgehead atoms. The number of ether oxygens (including phenoxy) is 1. The number of nitrogens with zero attached hydrogens (tertiary/aromatic N) is 2. The summed E-state index contributed by atoms with van der Waals surface area (Å²) in [6.07, 6.45) is -0.554. The maximum Gasteiger partial charge on any atom is 0.269 e. The summed E-state index contributed by atoms with van der Waals surface area (Å²) < 4.78 is 5.74. The van der Waals surface area contributed by atoms with Crippen LogP contribution in [0.25, 0.3) is 0 Å². The lowest BCUT2D eigenvalue weighted by atomic mass is 10.2. The molecule has 4 nitrogen and oxygen atoms in total. The van der Waals surface area contributed by atoms with Crippen molar-refractivity contribution in [3.8, 4) is 5.75 Å². The molecule has 1 aliphatic heterocycles. The van der Waals surface area contributed by atoms with Crippen LogP contribution in [-0.2, 0) is 10.5 Å². The molecule has 0 aliphatic carbocycles. The average molecular weight is 375 g/mol. The van der Waals surface area contributed by atoms with E-state index < -0.39 is 6.10 Å². The smallest absolute Gasteiger partial charge is 0.269 e. The van der Waals surface area contributed by atoms with Gasteiger partial charge in [0, 0.05) is 17.3 Å². The molecule has 2 aromatic carbocycles. The van der Waals surface area contributed by atoms with Crippen molar-refractivity contribution in [1.82, 2.24) is 4.90 Å². The van der Waals surface area contributed by atoms with Crippen LogP contribution in [-0.4, -0.2) is 35.2 Å². The molecule has 0 aromatic heterocycles. The number of thioether (sulfide) groups is 1. The van der Waals surface area contributed by atoms with Crippen molar-refractivity contribution in [2.75, 3.05) is 13.1 Å². The Hall–Kier alpha value is -1.98. The molecule has 2 aromatic rings. The molecule has 0 unspecified atom stereocenters. The molecule has 0 spiro atoms. The Labute approximate surface area is 156 Å². The maximum absolute atomic E-state index is 12.7. The topological polar surface area (TPSA) is 41.9 Å². The molecule has 3 rings (SSSR count). The minimum atomic E-state index is -0.554. The predicted molar refractivity (Wildman–Crippen MR) is 103 cm³/mol. The van der Waals surface area contributed by atoms with Gasteiger partial charge < -0.3 is 4.74 Å². The van der Waals surface area contributed by atoms with Gasteiger partial charge in [0.25, 0.3) is 5.91 Å². The second-order valence-electron chi connectivity index (χ2n) is 5.64. The molecule has 1 amide bonds. The van der Waals surface area contributed by atoms with Crippen molar-refractivity contribution in [1.29, 1.82) is 0 Å². The standard InChI is InChI=1S/C19H19ClN2O2S/c1-14(24-17-5-3-2-4-6-17)18(23)22-12-11-21-19(22)25-13-15-7-9-16(20)10-8-15/h2-10,14H,11-13H2,1H3/t14-/m1/s1. The van der Waals surface area contributed by atoms with Crippen molar-refractivity contribution in [3.05, 3.63) is 65.2 Å². The second kappa shape index (κ2) is 8.41. The van der Waals surface area contributed by atoms with Crippen molar-refractivity contribution >= 4 is 34.4 Å². The highest BCUT2D eigenvalue weighted by Crippen LogP contribution is 2.22. The molecule has 0 saturated heterocycles. The van der Waals surface area contributed by atoms with E-state index in [0.29, 0.717) is 18.8 Å². The Morgan fingerprint density at radius 3 is 2.68 bits per heavy atom. The molecule has 1 atom stereocenters. The first-order chi connectivity index (χ1) is 12.1. The highest BCUT2D eigenvalue weighted by atomic mass is 35.5. The van der Waals surface area contributed by atoms with E-state index >= 15 is 0 Å². The van der Waals surface area contributed by atoms with Crippen LogP contribution < -0.4 is 4.74 Å². The van der Waals surface area contributed by atoms with E-state index in [9.17, 15) is 4.79 Å². The van der Waals surface area contributed by atoms with E-state index in [1.807, 2.05) is 54.6 Å². The SMILES string of the molecule is C[C@@H](Oc1ccccc1)C(=O)N1CCN=C1SCc1ccc(Cl)cc1. The van der Waals surface area contributed by atoms with Crippen LogP contribution in [0.4, 0.5) is 0 Å². The van der Waals surface area contributed by atoms with Crippen LogP contribution in [0.2, 0.25) is 5.02 Å². The van der Waals surface area contributed by atoms with Gasteiger partial charge in [-0.25, -0.2) is 0 Å². The van der Waals surface area contributed by atoms with Crippen LogP contribution in [0.15, 0.2) is 59.6 Å². The van der Waals surface area contributed by atoms with E-state index in [4.69, 9.17) is 16.3 Å². The van der Waals surface area contributed by atoms with Crippen LogP contribution >= 0.6 is 23.4 Å². The largest absolute Gasteiger partial charge is 0.481 e. The number of carbonyl (C=O) groups is 1. The Kier molecular flexibility index (Phi) is 6.00. The van der Waals surface area contributed by atoms with E-state index in [0.717, 1.165) is 21.5 Å². The van der Waals surface area contributed by atoms with Crippen LogP contribution in [0.5, 0.6) is 5.75 Å². The molecule has 0 saturated carbocycles. The Bertz CT molecular complexity index is 750. The van der Waals surface area contributed by atoms with Crippen molar-refractivity contribution in [3.63, 3.8) is 0 Å². The predicted octanol–water partition coefficient (Wildman–Crippen LogP) is 4.24. The maximum atomic E-state index is 12.7. The van der Waals surface area contributed by atoms with Gasteiger partial charge in [-0.2, -0.15) is 0 Å². The molecule has 130 valence electrons. The van der Waals surface area contributed by atoms with Crippen LogP contribution in [0.1, 0.15) is 12.5 Å². The number of halogens is 1. The lowest BCUT2D eigenvalue weighted by Gasteiger charge is -2.22. The minimum absolute atomic E-state index is 0.0660. The number of hydrogen-bond donors (Lipinski definition) is 0. The zero-order valence-electron chi connectivity index (χ0n) is 13.9. The van der Waals surface area contributed by atoms with Gasteiger partial charge in [-0.15, -0.1) is 0 Å². The normalized spacial score (nSPS) is 15.0. The first-order valence-corrected chi connectivity index (χ1v) is 9.44. The minimum Gasteiger partial charge on any atom is -0.481 e. The van der Waals surface area contributed by atoms with Gasteiger partial charge in [-0.05, 0) is 36.8 Å². The van der Waals surface area contributed by atoms with Gasteiger partial charge in [0.2, 0.25) is 0 Å². The zero-order valence-corrected chi connectivity index (χ0v) is 15.5. The fourth-order valence-electron chi connectivity index (χ4n) is 2.46. The van der Waals surface area contributed by atoms with Gasteiger partial charge in [0.15, 0.2) is 11.3 Å². The third kappa shape index (κ3) is 4.77. The summed E-state index contributed by atoms with van der Waals surface area (Å²) in [5, 5.41) is 1.47. The van der Waals surface area contributed by atoms with Crippen molar-refractivity contribution in [2.45, 2.75) is 18.8 Å². The fourth-order valence-corrected chi connectivity index (χ4v) is 3.59. The summed E-state index contributed by atoms with van der Waals surface area (Å²) in [6, 6.07) is 17.1. The van der Waals surface area contributed by atoms with Crippen LogP contribution in [0, 0.1) is 0 Å². The molecule has 0 fully saturated rings. The molecule has 0 N–H and O–H groups in total. The van der Waals surface area contributed by atoms with Gasteiger partial charge in [0.05, 0.1) is 6.54 Å². The van der Waals surface area contributed by atoms with E-state index in [-0.39, 0.29) is 5.91 Å². The summed E-state index contributed by atoms with van der Waals surface area (Å²) in [5.74, 6) is 1.37. The second-order valence-corrected chi connectivity index (χ2v) is 7.02. The van der Waals surface area contributed by atoms with Crippen molar-refractivity contribution < 1.29 is 9.53 Å². The molecular weight excluding hydrogens is 356 g/mol. The first-order valence-electron chi connectivity index (χ1n) is 8.08. The summed E-state index contributed by atoms with van der Waals surface area (Å²) in [4.78, 5) is 18.9. The van der Waals surface area contributed by atoms with Gasteiger partial charge in [0.1, 0.15) is 5.75 Å². The average Bonchev–Trinajstić information content (AvgIpc) is 3.10. The molecular formula is C19H19ClN2O2S. The van der Waals surface area contributed by atoms with Gasteiger partial charge in [-0.3, -0.25) is 14.7 Å². The Morgan fingerprint density at radius 1 is 1.24 bits per heavy atom. The summed E-state index contributed by atoms with van der Waals surface area (Å²) in [7, 11) is 0. The lowest BCUT2D eigenvalue weighted by Crippen LogP contribution is -2.41. The third-order valence-electron chi connectivity index (χ3n) is 3.75. The number of aliphatic imine (C=N–C) groups is 1. The number of carbonyl (C=O) groups excluding carboxylic acids is 1. The number of hydrogen-bond acceptors (Lipinski definition) is 4. The van der Waals surface area contributed by atoms with E-state index in [1.165, 1.54) is 0 Å². The Morgan fingerprint density at radius 2 is 1.96 bits per heavy atom. The number of rotatable bonds is 5. The Balaban J connectivity index is 1.58. The number of amidine groups is 1. The molecule has 1 heterocycles. The number of para-hydroxylation sites is 1. The summed E-state index contributed by atoms with van der Waals surface area (Å²) in [6.45, 7) is 3.01. The molecule has 0 radical (unpaired) electrons. The highest BCUT2D eigenvalue weighted by molar-refractivity contribution is 8.13. The summed E-state index contributed by atoms with van der Waals surface area (Å²) >= 11 is 7.47. The van der Waals surface area contributed by atoms with Gasteiger partial charge >= 0.3 is 0 Å². The lowest BCUT2D eigenvalue weighted by molar-refractivity contribution is -0.133. The number of amides is 1. The fraction of sp³-hybridized carbons (Fsp3) is 0.263. The quantitative estimate of drug-likeness (QED) is 0.786. The van der Waals surface area contributed by atoms with Gasteiger partial charge in [-0.1, -0.05) is 53.7 Å². The van der Waals surface area contributed by atoms with Crippen LogP contribution in [0.3, 0.4) is 0 Å². The monoisotopic (exact) mass is 374 g/mol.